The van der Waals surface area contributed by atoms with Crippen LogP contribution in [0.4, 0.5) is 26.1 Å². The second kappa shape index (κ2) is 10.8. The molecule has 2 aliphatic heterocycles. The Kier molecular flexibility index (Phi) is 7.02. The van der Waals surface area contributed by atoms with Crippen molar-refractivity contribution in [1.29, 1.82) is 0 Å². The van der Waals surface area contributed by atoms with Crippen LogP contribution in [0.5, 0.6) is 11.5 Å². The molecule has 212 valence electrons. The quantitative estimate of drug-likeness (QED) is 0.274. The average molecular weight is 560 g/mol. The zero-order chi connectivity index (χ0) is 28.6. The Morgan fingerprint density at radius 2 is 1.98 bits per heavy atom. The highest BCUT2D eigenvalue weighted by Gasteiger charge is 2.34. The largest absolute Gasteiger partial charge is 0.457 e. The molecule has 1 unspecified atom stereocenters. The molecule has 6 rings (SSSR count). The summed E-state index contributed by atoms with van der Waals surface area (Å²) >= 11 is 0. The van der Waals surface area contributed by atoms with Gasteiger partial charge in [-0.05, 0) is 55.5 Å². The van der Waals surface area contributed by atoms with Gasteiger partial charge in [-0.25, -0.2) is 23.7 Å². The summed E-state index contributed by atoms with van der Waals surface area (Å²) < 4.78 is 35.5. The van der Waals surface area contributed by atoms with Gasteiger partial charge in [0.05, 0.1) is 17.6 Å². The van der Waals surface area contributed by atoms with Gasteiger partial charge in [0.2, 0.25) is 5.91 Å². The van der Waals surface area contributed by atoms with Crippen LogP contribution in [-0.2, 0) is 4.79 Å². The molecular formula is C30H31F2N7O2. The normalized spacial score (nSPS) is 19.5. The number of carbonyl (C=O) groups is 1. The van der Waals surface area contributed by atoms with Crippen molar-refractivity contribution in [2.45, 2.75) is 37.8 Å². The molecule has 4 aromatic rings. The minimum atomic E-state index is -1.25. The number of amides is 1. The fourth-order valence-electron chi connectivity index (χ4n) is 5.62. The number of ether oxygens (including phenoxy) is 1. The number of halogens is 2. The summed E-state index contributed by atoms with van der Waals surface area (Å²) in [5.41, 5.74) is 0.686. The number of carbonyl (C=O) groups excluding carboxylic acids is 1. The number of rotatable bonds is 7. The molecule has 3 aromatic heterocycles. The summed E-state index contributed by atoms with van der Waals surface area (Å²) in [5, 5.41) is 3.93. The van der Waals surface area contributed by atoms with E-state index >= 15 is 4.39 Å². The van der Waals surface area contributed by atoms with Gasteiger partial charge in [0.1, 0.15) is 46.6 Å². The number of nitrogens with zero attached hydrogens (tertiary/aromatic N) is 5. The molecule has 0 radical (unpaired) electrons. The average Bonchev–Trinajstić information content (AvgIpc) is 3.58. The number of benzene rings is 1. The second-order valence-corrected chi connectivity index (χ2v) is 10.8. The van der Waals surface area contributed by atoms with Gasteiger partial charge in [-0.3, -0.25) is 4.79 Å². The topological polar surface area (TPSA) is 99.3 Å². The number of anilines is 3. The molecule has 0 saturated carbocycles. The third-order valence-corrected chi connectivity index (χ3v) is 7.82. The second-order valence-electron chi connectivity index (χ2n) is 10.8. The summed E-state index contributed by atoms with van der Waals surface area (Å²) in [7, 11) is 0. The molecule has 0 aliphatic carbocycles. The van der Waals surface area contributed by atoms with E-state index in [0.29, 0.717) is 54.8 Å². The molecule has 2 saturated heterocycles. The summed E-state index contributed by atoms with van der Waals surface area (Å²) in [6, 6.07) is 7.99. The highest BCUT2D eigenvalue weighted by Crippen LogP contribution is 2.37. The predicted octanol–water partition coefficient (Wildman–Crippen LogP) is 5.86. The summed E-state index contributed by atoms with van der Waals surface area (Å²) in [6.45, 7) is 7.29. The van der Waals surface area contributed by atoms with Gasteiger partial charge in [-0.2, -0.15) is 0 Å². The van der Waals surface area contributed by atoms with Gasteiger partial charge in [-0.1, -0.05) is 6.58 Å². The van der Waals surface area contributed by atoms with Crippen molar-refractivity contribution in [3.05, 3.63) is 73.1 Å². The van der Waals surface area contributed by atoms with Crippen molar-refractivity contribution < 1.29 is 18.3 Å². The van der Waals surface area contributed by atoms with Crippen molar-refractivity contribution in [3.8, 4) is 11.5 Å². The lowest BCUT2D eigenvalue weighted by molar-refractivity contribution is -0.127. The SMILES string of the molecule is C=CC(=O)N1CCC(c2c[nH]c3ncnc(Nc4ccc(Oc5ccnc(N6CCC(C)(F)C6)c5)cc4F)c23)CC1. The van der Waals surface area contributed by atoms with Crippen LogP contribution < -0.4 is 15.0 Å². The fourth-order valence-corrected chi connectivity index (χ4v) is 5.62. The first-order valence-electron chi connectivity index (χ1n) is 13.7. The van der Waals surface area contributed by atoms with Gasteiger partial charge in [0.25, 0.3) is 0 Å². The van der Waals surface area contributed by atoms with Gasteiger partial charge in [0, 0.05) is 50.6 Å². The molecule has 1 aromatic carbocycles. The van der Waals surface area contributed by atoms with Crippen LogP contribution in [0.15, 0.2) is 61.7 Å². The van der Waals surface area contributed by atoms with Crippen LogP contribution in [0.2, 0.25) is 0 Å². The first-order chi connectivity index (χ1) is 19.8. The van der Waals surface area contributed by atoms with Gasteiger partial charge < -0.3 is 24.8 Å². The van der Waals surface area contributed by atoms with Gasteiger partial charge >= 0.3 is 0 Å². The molecule has 0 bridgehead atoms. The van der Waals surface area contributed by atoms with E-state index < -0.39 is 11.5 Å². The van der Waals surface area contributed by atoms with E-state index in [1.165, 1.54) is 18.5 Å². The van der Waals surface area contributed by atoms with E-state index in [-0.39, 0.29) is 24.1 Å². The van der Waals surface area contributed by atoms with Crippen LogP contribution in [0, 0.1) is 5.82 Å². The number of hydrogen-bond acceptors (Lipinski definition) is 7. The highest BCUT2D eigenvalue weighted by molar-refractivity contribution is 5.92. The molecule has 2 fully saturated rings. The molecule has 1 amide bonds. The number of hydrogen-bond donors (Lipinski definition) is 2. The van der Waals surface area contributed by atoms with Crippen LogP contribution >= 0.6 is 0 Å². The number of H-pyrrole nitrogens is 1. The number of aromatic amines is 1. The summed E-state index contributed by atoms with van der Waals surface area (Å²) in [6.07, 6.45) is 8.33. The molecule has 11 heteroatoms. The third-order valence-electron chi connectivity index (χ3n) is 7.82. The van der Waals surface area contributed by atoms with Gasteiger partial charge in [-0.15, -0.1) is 0 Å². The van der Waals surface area contributed by atoms with Crippen molar-refractivity contribution in [2.75, 3.05) is 36.4 Å². The van der Waals surface area contributed by atoms with Crippen LogP contribution in [0.1, 0.15) is 37.7 Å². The Morgan fingerprint density at radius 1 is 1.17 bits per heavy atom. The van der Waals surface area contributed by atoms with Crippen molar-refractivity contribution in [2.24, 2.45) is 0 Å². The van der Waals surface area contributed by atoms with Gasteiger partial charge in [0.15, 0.2) is 0 Å². The van der Waals surface area contributed by atoms with Crippen LogP contribution in [0.25, 0.3) is 11.0 Å². The smallest absolute Gasteiger partial charge is 0.245 e. The number of likely N-dealkylation sites (tertiary alicyclic amines) is 1. The van der Waals surface area contributed by atoms with E-state index in [1.54, 1.807) is 42.3 Å². The number of fused-ring (bicyclic) bond motifs is 1. The monoisotopic (exact) mass is 559 g/mol. The standard InChI is InChI=1S/C30H31F2N7O2/c1-3-26(40)38-11-7-19(8-12-38)22-16-34-28-27(22)29(36-18-35-28)37-24-5-4-20(14-23(24)31)41-21-6-10-33-25(15-21)39-13-9-30(2,32)17-39/h3-6,10,14-16,18-19H,1,7-9,11-13,17H2,2H3,(H2,34,35,36,37). The lowest BCUT2D eigenvalue weighted by Gasteiger charge is -2.31. The van der Waals surface area contributed by atoms with Crippen molar-refractivity contribution >= 4 is 34.3 Å². The number of piperidine rings is 1. The number of pyridine rings is 1. The Labute approximate surface area is 236 Å². The summed E-state index contributed by atoms with van der Waals surface area (Å²) in [4.78, 5) is 32.0. The Morgan fingerprint density at radius 3 is 2.71 bits per heavy atom. The van der Waals surface area contributed by atoms with Crippen molar-refractivity contribution in [1.82, 2.24) is 24.8 Å². The highest BCUT2D eigenvalue weighted by atomic mass is 19.1. The molecular weight excluding hydrogens is 528 g/mol. The zero-order valence-electron chi connectivity index (χ0n) is 22.7. The van der Waals surface area contributed by atoms with E-state index in [4.69, 9.17) is 4.74 Å². The maximum Gasteiger partial charge on any atom is 0.245 e. The van der Waals surface area contributed by atoms with Crippen LogP contribution in [0.3, 0.4) is 0 Å². The molecule has 2 aliphatic rings. The molecule has 2 N–H and O–H groups in total. The Balaban J connectivity index is 1.18. The fraction of sp³-hybridized carbons (Fsp3) is 0.333. The van der Waals surface area contributed by atoms with Crippen molar-refractivity contribution in [3.63, 3.8) is 0 Å². The molecule has 1 atom stereocenters. The molecule has 0 spiro atoms. The lowest BCUT2D eigenvalue weighted by atomic mass is 9.89. The zero-order valence-corrected chi connectivity index (χ0v) is 22.7. The number of aromatic nitrogens is 4. The Hall–Kier alpha value is -4.54. The third kappa shape index (κ3) is 5.57. The van der Waals surface area contributed by atoms with E-state index in [9.17, 15) is 9.18 Å². The van der Waals surface area contributed by atoms with E-state index in [0.717, 1.165) is 23.8 Å². The predicted molar refractivity (Wildman–Crippen MR) is 153 cm³/mol. The van der Waals surface area contributed by atoms with Crippen LogP contribution in [-0.4, -0.2) is 62.6 Å². The molecule has 9 nitrogen and oxygen atoms in total. The maximum absolute atomic E-state index is 15.3. The maximum atomic E-state index is 15.3. The van der Waals surface area contributed by atoms with E-state index in [2.05, 4.69) is 31.8 Å². The lowest BCUT2D eigenvalue weighted by Crippen LogP contribution is -2.36. The Bertz CT molecular complexity index is 1600. The van der Waals surface area contributed by atoms with E-state index in [1.807, 2.05) is 11.1 Å². The molecule has 41 heavy (non-hydrogen) atoms. The first-order valence-corrected chi connectivity index (χ1v) is 13.7. The number of nitrogens with one attached hydrogen (secondary N) is 2. The summed E-state index contributed by atoms with van der Waals surface area (Å²) in [5.74, 6) is 1.55. The number of alkyl halides is 1. The molecule has 5 heterocycles. The minimum absolute atomic E-state index is 0.0590. The first kappa shape index (κ1) is 26.7. The minimum Gasteiger partial charge on any atom is -0.457 e.